The molecule has 2 rings (SSSR count). The van der Waals surface area contributed by atoms with Crippen LogP contribution in [0.25, 0.3) is 0 Å². The molecular weight excluding hydrogens is 389 g/mol. The minimum Gasteiger partial charge on any atom is -0.496 e. The van der Waals surface area contributed by atoms with Crippen molar-refractivity contribution in [2.24, 2.45) is 0 Å². The third-order valence-corrected chi connectivity index (χ3v) is 4.09. The fourth-order valence-electron chi connectivity index (χ4n) is 2.13. The van der Waals surface area contributed by atoms with Gasteiger partial charge in [0, 0.05) is 4.47 Å². The van der Waals surface area contributed by atoms with Gasteiger partial charge in [-0.2, -0.15) is 0 Å². The summed E-state index contributed by atoms with van der Waals surface area (Å²) in [5.74, 6) is 0.506. The van der Waals surface area contributed by atoms with Crippen LogP contribution in [-0.4, -0.2) is 14.2 Å². The van der Waals surface area contributed by atoms with Crippen molar-refractivity contribution in [1.29, 1.82) is 0 Å². The molecule has 20 heavy (non-hydrogen) atoms. The van der Waals surface area contributed by atoms with E-state index < -0.39 is 0 Å². The lowest BCUT2D eigenvalue weighted by Crippen LogP contribution is -2.18. The molecule has 0 fully saturated rings. The van der Waals surface area contributed by atoms with Gasteiger partial charge in [0.1, 0.15) is 11.6 Å². The van der Waals surface area contributed by atoms with Crippen LogP contribution in [-0.2, 0) is 0 Å². The number of hydrogen-bond acceptors (Lipinski definition) is 2. The molecular formula is C15H14Br2FNO. The van der Waals surface area contributed by atoms with Crippen LogP contribution in [0.2, 0.25) is 0 Å². The van der Waals surface area contributed by atoms with Gasteiger partial charge in [0.25, 0.3) is 0 Å². The molecule has 0 heterocycles. The molecule has 2 aromatic rings. The van der Waals surface area contributed by atoms with E-state index in [0.717, 1.165) is 25.8 Å². The number of hydrogen-bond donors (Lipinski definition) is 1. The van der Waals surface area contributed by atoms with E-state index in [1.165, 1.54) is 12.1 Å². The highest BCUT2D eigenvalue weighted by Gasteiger charge is 2.15. The summed E-state index contributed by atoms with van der Waals surface area (Å²) in [5, 5.41) is 3.20. The molecule has 2 aromatic carbocycles. The Hall–Kier alpha value is -0.910. The van der Waals surface area contributed by atoms with E-state index in [2.05, 4.69) is 37.2 Å². The Morgan fingerprint density at radius 3 is 2.40 bits per heavy atom. The summed E-state index contributed by atoms with van der Waals surface area (Å²) in [7, 11) is 3.47. The van der Waals surface area contributed by atoms with Gasteiger partial charge in [-0.25, -0.2) is 4.39 Å². The van der Waals surface area contributed by atoms with E-state index in [-0.39, 0.29) is 11.9 Å². The van der Waals surface area contributed by atoms with Gasteiger partial charge in [-0.05, 0) is 64.4 Å². The Labute approximate surface area is 134 Å². The van der Waals surface area contributed by atoms with Crippen LogP contribution >= 0.6 is 31.9 Å². The average Bonchev–Trinajstić information content (AvgIpc) is 2.38. The van der Waals surface area contributed by atoms with Crippen LogP contribution in [0.1, 0.15) is 17.2 Å². The van der Waals surface area contributed by atoms with Crippen LogP contribution in [0.5, 0.6) is 5.75 Å². The summed E-state index contributed by atoms with van der Waals surface area (Å²) in [6.07, 6.45) is 0. The Morgan fingerprint density at radius 1 is 1.10 bits per heavy atom. The van der Waals surface area contributed by atoms with Crippen molar-refractivity contribution >= 4 is 31.9 Å². The lowest BCUT2D eigenvalue weighted by molar-refractivity contribution is 0.412. The number of halogens is 3. The van der Waals surface area contributed by atoms with E-state index in [1.807, 2.05) is 31.3 Å². The van der Waals surface area contributed by atoms with Crippen LogP contribution in [0.4, 0.5) is 4.39 Å². The van der Waals surface area contributed by atoms with E-state index in [9.17, 15) is 4.39 Å². The van der Waals surface area contributed by atoms with E-state index >= 15 is 0 Å². The number of benzene rings is 2. The second-order valence-electron chi connectivity index (χ2n) is 4.32. The van der Waals surface area contributed by atoms with Gasteiger partial charge in [0.05, 0.1) is 17.6 Å². The van der Waals surface area contributed by atoms with Crippen molar-refractivity contribution in [2.75, 3.05) is 14.2 Å². The Kier molecular flexibility index (Phi) is 5.18. The highest BCUT2D eigenvalue weighted by molar-refractivity contribution is 9.10. The number of methoxy groups -OCH3 is 1. The molecule has 0 amide bonds. The summed E-state index contributed by atoms with van der Waals surface area (Å²) >= 11 is 6.79. The molecule has 0 bridgehead atoms. The van der Waals surface area contributed by atoms with Gasteiger partial charge in [-0.15, -0.1) is 0 Å². The Morgan fingerprint density at radius 2 is 1.85 bits per heavy atom. The van der Waals surface area contributed by atoms with Crippen molar-refractivity contribution in [3.63, 3.8) is 0 Å². The normalized spacial score (nSPS) is 12.2. The second-order valence-corrected chi connectivity index (χ2v) is 6.09. The van der Waals surface area contributed by atoms with Crippen molar-refractivity contribution in [1.82, 2.24) is 5.32 Å². The highest BCUT2D eigenvalue weighted by atomic mass is 79.9. The number of ether oxygens (including phenoxy) is 1. The maximum Gasteiger partial charge on any atom is 0.133 e. The first-order valence-corrected chi connectivity index (χ1v) is 7.60. The van der Waals surface area contributed by atoms with Crippen LogP contribution in [0, 0.1) is 5.82 Å². The molecule has 0 saturated heterocycles. The van der Waals surface area contributed by atoms with Crippen molar-refractivity contribution in [3.8, 4) is 5.75 Å². The molecule has 1 N–H and O–H groups in total. The lowest BCUT2D eigenvalue weighted by Gasteiger charge is -2.18. The monoisotopic (exact) mass is 401 g/mol. The van der Waals surface area contributed by atoms with Crippen LogP contribution in [0.3, 0.4) is 0 Å². The average molecular weight is 403 g/mol. The molecule has 5 heteroatoms. The van der Waals surface area contributed by atoms with Gasteiger partial charge in [-0.3, -0.25) is 0 Å². The molecule has 1 atom stereocenters. The van der Waals surface area contributed by atoms with Crippen molar-refractivity contribution in [2.45, 2.75) is 6.04 Å². The van der Waals surface area contributed by atoms with Crippen LogP contribution in [0.15, 0.2) is 45.3 Å². The van der Waals surface area contributed by atoms with E-state index in [4.69, 9.17) is 4.74 Å². The number of nitrogens with one attached hydrogen (secondary N) is 1. The van der Waals surface area contributed by atoms with Crippen molar-refractivity contribution < 1.29 is 9.13 Å². The Bertz CT molecular complexity index is 599. The summed E-state index contributed by atoms with van der Waals surface area (Å²) in [6, 6.07) is 10.6. The zero-order chi connectivity index (χ0) is 14.7. The highest BCUT2D eigenvalue weighted by Crippen LogP contribution is 2.31. The zero-order valence-electron chi connectivity index (χ0n) is 11.1. The standard InChI is InChI=1S/C15H14Br2FNO/c1-19-15(10-5-11(16)8-12(18)6-10)9-3-4-14(20-2)13(17)7-9/h3-8,15,19H,1-2H3. The largest absolute Gasteiger partial charge is 0.496 e. The maximum absolute atomic E-state index is 13.6. The van der Waals surface area contributed by atoms with Crippen LogP contribution < -0.4 is 10.1 Å². The fourth-order valence-corrected chi connectivity index (χ4v) is 3.17. The van der Waals surface area contributed by atoms with Gasteiger partial charge in [0.15, 0.2) is 0 Å². The first-order chi connectivity index (χ1) is 9.55. The zero-order valence-corrected chi connectivity index (χ0v) is 14.3. The smallest absolute Gasteiger partial charge is 0.133 e. The quantitative estimate of drug-likeness (QED) is 0.802. The maximum atomic E-state index is 13.6. The van der Waals surface area contributed by atoms with Gasteiger partial charge >= 0.3 is 0 Å². The second kappa shape index (κ2) is 6.70. The summed E-state index contributed by atoms with van der Waals surface area (Å²) in [5.41, 5.74) is 1.88. The third-order valence-electron chi connectivity index (χ3n) is 3.02. The topological polar surface area (TPSA) is 21.3 Å². The first kappa shape index (κ1) is 15.5. The molecule has 0 aromatic heterocycles. The summed E-state index contributed by atoms with van der Waals surface area (Å²) in [4.78, 5) is 0. The van der Waals surface area contributed by atoms with Gasteiger partial charge in [0.2, 0.25) is 0 Å². The van der Waals surface area contributed by atoms with E-state index in [1.54, 1.807) is 7.11 Å². The molecule has 0 saturated carbocycles. The third kappa shape index (κ3) is 3.40. The number of rotatable bonds is 4. The molecule has 106 valence electrons. The predicted molar refractivity (Wildman–Crippen MR) is 85.7 cm³/mol. The first-order valence-electron chi connectivity index (χ1n) is 6.02. The van der Waals surface area contributed by atoms with Gasteiger partial charge in [-0.1, -0.05) is 22.0 Å². The summed E-state index contributed by atoms with van der Waals surface area (Å²) in [6.45, 7) is 0. The Balaban J connectivity index is 2.44. The van der Waals surface area contributed by atoms with Crippen molar-refractivity contribution in [3.05, 3.63) is 62.3 Å². The SMILES string of the molecule is CNC(c1cc(F)cc(Br)c1)c1ccc(OC)c(Br)c1. The van der Waals surface area contributed by atoms with Gasteiger partial charge < -0.3 is 10.1 Å². The molecule has 0 aliphatic heterocycles. The lowest BCUT2D eigenvalue weighted by atomic mass is 9.99. The molecule has 0 aliphatic carbocycles. The molecule has 1 unspecified atom stereocenters. The molecule has 0 spiro atoms. The molecule has 0 aliphatic rings. The predicted octanol–water partition coefficient (Wildman–Crippen LogP) is 4.67. The minimum atomic E-state index is -0.262. The molecule has 0 radical (unpaired) electrons. The summed E-state index contributed by atoms with van der Waals surface area (Å²) < 4.78 is 20.4. The van der Waals surface area contributed by atoms with E-state index in [0.29, 0.717) is 0 Å². The minimum absolute atomic E-state index is 0.0933. The fraction of sp³-hybridized carbons (Fsp3) is 0.200. The molecule has 2 nitrogen and oxygen atoms in total.